The van der Waals surface area contributed by atoms with Crippen LogP contribution in [0, 0.1) is 5.92 Å². The Morgan fingerprint density at radius 1 is 1.57 bits per heavy atom. The molecule has 82 valence electrons. The fourth-order valence-electron chi connectivity index (χ4n) is 1.88. The highest BCUT2D eigenvalue weighted by molar-refractivity contribution is 5.77. The Labute approximate surface area is 85.3 Å². The van der Waals surface area contributed by atoms with E-state index in [2.05, 4.69) is 10.2 Å². The molecule has 2 N–H and O–H groups in total. The van der Waals surface area contributed by atoms with E-state index in [0.717, 1.165) is 25.9 Å². The molecule has 1 atom stereocenters. The molecule has 14 heavy (non-hydrogen) atoms. The van der Waals surface area contributed by atoms with Crippen LogP contribution in [0.25, 0.3) is 0 Å². The standard InChI is InChI=1S/C10H20N2O2/c1-8(13)9-3-5-12(6-4-9)7-10(14)11-2/h8-9,13H,3-7H2,1-2H3,(H,11,14). The minimum atomic E-state index is -0.211. The molecule has 1 fully saturated rings. The molecular weight excluding hydrogens is 180 g/mol. The van der Waals surface area contributed by atoms with Gasteiger partial charge in [0.2, 0.25) is 5.91 Å². The van der Waals surface area contributed by atoms with E-state index >= 15 is 0 Å². The van der Waals surface area contributed by atoms with E-state index in [0.29, 0.717) is 12.5 Å². The Balaban J connectivity index is 2.25. The highest BCUT2D eigenvalue weighted by Gasteiger charge is 2.23. The van der Waals surface area contributed by atoms with E-state index in [1.165, 1.54) is 0 Å². The second-order valence-corrected chi connectivity index (χ2v) is 4.03. The van der Waals surface area contributed by atoms with Gasteiger partial charge in [0.15, 0.2) is 0 Å². The molecule has 1 amide bonds. The second-order valence-electron chi connectivity index (χ2n) is 4.03. The molecular formula is C10H20N2O2. The predicted octanol–water partition coefficient (Wildman–Crippen LogP) is -0.175. The number of likely N-dealkylation sites (N-methyl/N-ethyl adjacent to an activating group) is 1. The number of piperidine rings is 1. The topological polar surface area (TPSA) is 52.6 Å². The van der Waals surface area contributed by atoms with Gasteiger partial charge in [-0.05, 0) is 38.8 Å². The fourth-order valence-corrected chi connectivity index (χ4v) is 1.88. The van der Waals surface area contributed by atoms with Crippen molar-refractivity contribution in [2.45, 2.75) is 25.9 Å². The van der Waals surface area contributed by atoms with Gasteiger partial charge >= 0.3 is 0 Å². The summed E-state index contributed by atoms with van der Waals surface area (Å²) in [6.07, 6.45) is 1.78. The van der Waals surface area contributed by atoms with Crippen molar-refractivity contribution in [2.24, 2.45) is 5.92 Å². The molecule has 1 rings (SSSR count). The lowest BCUT2D eigenvalue weighted by Crippen LogP contribution is -2.42. The number of nitrogens with zero attached hydrogens (tertiary/aromatic N) is 1. The van der Waals surface area contributed by atoms with Gasteiger partial charge in [-0.3, -0.25) is 9.69 Å². The Morgan fingerprint density at radius 3 is 2.57 bits per heavy atom. The molecule has 0 spiro atoms. The number of carbonyl (C=O) groups is 1. The van der Waals surface area contributed by atoms with E-state index in [4.69, 9.17) is 0 Å². The van der Waals surface area contributed by atoms with Crippen LogP contribution in [0.5, 0.6) is 0 Å². The molecule has 1 heterocycles. The van der Waals surface area contributed by atoms with Crippen LogP contribution < -0.4 is 5.32 Å². The first-order valence-electron chi connectivity index (χ1n) is 5.24. The molecule has 0 radical (unpaired) electrons. The number of rotatable bonds is 3. The van der Waals surface area contributed by atoms with Gasteiger partial charge in [-0.25, -0.2) is 0 Å². The molecule has 4 heteroatoms. The lowest BCUT2D eigenvalue weighted by molar-refractivity contribution is -0.122. The zero-order valence-corrected chi connectivity index (χ0v) is 8.99. The van der Waals surface area contributed by atoms with Crippen LogP contribution in [-0.2, 0) is 4.79 Å². The first-order chi connectivity index (χ1) is 6.63. The van der Waals surface area contributed by atoms with Gasteiger partial charge in [-0.15, -0.1) is 0 Å². The van der Waals surface area contributed by atoms with Crippen molar-refractivity contribution in [1.82, 2.24) is 10.2 Å². The third kappa shape index (κ3) is 3.27. The molecule has 0 aromatic carbocycles. The van der Waals surface area contributed by atoms with Crippen LogP contribution in [-0.4, -0.2) is 48.7 Å². The molecule has 1 aliphatic rings. The van der Waals surface area contributed by atoms with Gasteiger partial charge in [0.05, 0.1) is 12.6 Å². The van der Waals surface area contributed by atoms with Crippen LogP contribution in [0.2, 0.25) is 0 Å². The van der Waals surface area contributed by atoms with Crippen LogP contribution >= 0.6 is 0 Å². The minimum absolute atomic E-state index is 0.0699. The van der Waals surface area contributed by atoms with Gasteiger partial charge in [0, 0.05) is 7.05 Å². The average Bonchev–Trinajstić information content (AvgIpc) is 2.18. The van der Waals surface area contributed by atoms with Crippen molar-refractivity contribution in [3.63, 3.8) is 0 Å². The van der Waals surface area contributed by atoms with E-state index < -0.39 is 0 Å². The zero-order chi connectivity index (χ0) is 10.6. The largest absolute Gasteiger partial charge is 0.393 e. The monoisotopic (exact) mass is 200 g/mol. The normalized spacial score (nSPS) is 21.9. The molecule has 1 saturated heterocycles. The Morgan fingerprint density at radius 2 is 2.14 bits per heavy atom. The third-order valence-electron chi connectivity index (χ3n) is 2.96. The number of nitrogens with one attached hydrogen (secondary N) is 1. The Hall–Kier alpha value is -0.610. The fraction of sp³-hybridized carbons (Fsp3) is 0.900. The predicted molar refractivity (Wildman–Crippen MR) is 54.9 cm³/mol. The molecule has 1 unspecified atom stereocenters. The van der Waals surface area contributed by atoms with Crippen molar-refractivity contribution in [3.8, 4) is 0 Å². The molecule has 0 bridgehead atoms. The van der Waals surface area contributed by atoms with E-state index in [1.54, 1.807) is 7.05 Å². The second kappa shape index (κ2) is 5.32. The highest BCUT2D eigenvalue weighted by atomic mass is 16.3. The molecule has 0 aliphatic carbocycles. The van der Waals surface area contributed by atoms with Gasteiger partial charge in [0.25, 0.3) is 0 Å². The summed E-state index contributed by atoms with van der Waals surface area (Å²) in [4.78, 5) is 13.2. The maximum absolute atomic E-state index is 11.1. The molecule has 1 aliphatic heterocycles. The third-order valence-corrected chi connectivity index (χ3v) is 2.96. The van der Waals surface area contributed by atoms with Gasteiger partial charge in [0.1, 0.15) is 0 Å². The van der Waals surface area contributed by atoms with Crippen molar-refractivity contribution < 1.29 is 9.90 Å². The molecule has 0 saturated carbocycles. The number of likely N-dealkylation sites (tertiary alicyclic amines) is 1. The first kappa shape index (κ1) is 11.5. The molecule has 4 nitrogen and oxygen atoms in total. The maximum Gasteiger partial charge on any atom is 0.233 e. The van der Waals surface area contributed by atoms with Crippen molar-refractivity contribution in [2.75, 3.05) is 26.7 Å². The number of aliphatic hydroxyl groups is 1. The van der Waals surface area contributed by atoms with Crippen LogP contribution in [0.4, 0.5) is 0 Å². The summed E-state index contributed by atoms with van der Waals surface area (Å²) < 4.78 is 0. The number of hydrogen-bond donors (Lipinski definition) is 2. The first-order valence-corrected chi connectivity index (χ1v) is 5.24. The van der Waals surface area contributed by atoms with Crippen molar-refractivity contribution in [1.29, 1.82) is 0 Å². The Bertz CT molecular complexity index is 187. The van der Waals surface area contributed by atoms with Crippen LogP contribution in [0.15, 0.2) is 0 Å². The smallest absolute Gasteiger partial charge is 0.233 e. The number of hydrogen-bond acceptors (Lipinski definition) is 3. The lowest BCUT2D eigenvalue weighted by atomic mass is 9.92. The average molecular weight is 200 g/mol. The Kier molecular flexibility index (Phi) is 4.35. The summed E-state index contributed by atoms with van der Waals surface area (Å²) in [6, 6.07) is 0. The van der Waals surface area contributed by atoms with Gasteiger partial charge in [-0.1, -0.05) is 0 Å². The summed E-state index contributed by atoms with van der Waals surface area (Å²) in [5, 5.41) is 12.0. The van der Waals surface area contributed by atoms with Crippen LogP contribution in [0.1, 0.15) is 19.8 Å². The lowest BCUT2D eigenvalue weighted by Gasteiger charge is -2.32. The quantitative estimate of drug-likeness (QED) is 0.665. The van der Waals surface area contributed by atoms with Crippen molar-refractivity contribution in [3.05, 3.63) is 0 Å². The SMILES string of the molecule is CNC(=O)CN1CCC(C(C)O)CC1. The summed E-state index contributed by atoms with van der Waals surface area (Å²) in [5.74, 6) is 0.483. The number of amides is 1. The highest BCUT2D eigenvalue weighted by Crippen LogP contribution is 2.19. The maximum atomic E-state index is 11.1. The van der Waals surface area contributed by atoms with E-state index in [-0.39, 0.29) is 12.0 Å². The van der Waals surface area contributed by atoms with Gasteiger partial charge in [-0.2, -0.15) is 0 Å². The minimum Gasteiger partial charge on any atom is -0.393 e. The summed E-state index contributed by atoms with van der Waals surface area (Å²) >= 11 is 0. The number of carbonyl (C=O) groups excluding carboxylic acids is 1. The molecule has 0 aromatic heterocycles. The molecule has 0 aromatic rings. The zero-order valence-electron chi connectivity index (χ0n) is 8.99. The van der Waals surface area contributed by atoms with E-state index in [1.807, 2.05) is 6.92 Å². The summed E-state index contributed by atoms with van der Waals surface area (Å²) in [7, 11) is 1.66. The summed E-state index contributed by atoms with van der Waals surface area (Å²) in [6.45, 7) is 4.17. The number of aliphatic hydroxyl groups excluding tert-OH is 1. The van der Waals surface area contributed by atoms with Crippen LogP contribution in [0.3, 0.4) is 0 Å². The van der Waals surface area contributed by atoms with Gasteiger partial charge < -0.3 is 10.4 Å². The van der Waals surface area contributed by atoms with E-state index in [9.17, 15) is 9.90 Å². The van der Waals surface area contributed by atoms with Crippen molar-refractivity contribution >= 4 is 5.91 Å². The summed E-state index contributed by atoms with van der Waals surface area (Å²) in [5.41, 5.74) is 0.